The standard InChI is InChI=1S/C13H19NO4/c1-9(15)8-14-13(16)10(2)18-12-6-4-5-11(7-12)17-3/h4-7,9-10,15H,8H2,1-3H3,(H,14,16). The fraction of sp³-hybridized carbons (Fsp3) is 0.462. The first kappa shape index (κ1) is 14.3. The SMILES string of the molecule is COc1cccc(OC(C)C(=O)NCC(C)O)c1. The maximum Gasteiger partial charge on any atom is 0.260 e. The topological polar surface area (TPSA) is 67.8 Å². The summed E-state index contributed by atoms with van der Waals surface area (Å²) in [6.07, 6.45) is -1.20. The number of nitrogens with one attached hydrogen (secondary N) is 1. The number of hydrogen-bond acceptors (Lipinski definition) is 4. The monoisotopic (exact) mass is 253 g/mol. The van der Waals surface area contributed by atoms with Crippen molar-refractivity contribution in [3.05, 3.63) is 24.3 Å². The Morgan fingerprint density at radius 1 is 1.39 bits per heavy atom. The number of ether oxygens (including phenoxy) is 2. The second-order valence-corrected chi connectivity index (χ2v) is 4.03. The molecule has 0 radical (unpaired) electrons. The van der Waals surface area contributed by atoms with Crippen LogP contribution < -0.4 is 14.8 Å². The highest BCUT2D eigenvalue weighted by Gasteiger charge is 2.14. The molecule has 18 heavy (non-hydrogen) atoms. The molecule has 0 bridgehead atoms. The van der Waals surface area contributed by atoms with Crippen molar-refractivity contribution in [1.29, 1.82) is 0 Å². The number of aliphatic hydroxyl groups excluding tert-OH is 1. The average molecular weight is 253 g/mol. The van der Waals surface area contributed by atoms with Gasteiger partial charge in [-0.3, -0.25) is 4.79 Å². The molecule has 2 unspecified atom stereocenters. The maximum absolute atomic E-state index is 11.6. The van der Waals surface area contributed by atoms with Gasteiger partial charge in [0.05, 0.1) is 13.2 Å². The summed E-state index contributed by atoms with van der Waals surface area (Å²) in [6.45, 7) is 3.47. The van der Waals surface area contributed by atoms with Gasteiger partial charge in [-0.05, 0) is 26.0 Å². The number of amides is 1. The smallest absolute Gasteiger partial charge is 0.260 e. The number of carbonyl (C=O) groups is 1. The van der Waals surface area contributed by atoms with E-state index in [9.17, 15) is 4.79 Å². The third-order valence-corrected chi connectivity index (χ3v) is 2.29. The lowest BCUT2D eigenvalue weighted by Gasteiger charge is -2.15. The van der Waals surface area contributed by atoms with Gasteiger partial charge in [0.2, 0.25) is 0 Å². The minimum Gasteiger partial charge on any atom is -0.497 e. The van der Waals surface area contributed by atoms with Crippen LogP contribution in [0.3, 0.4) is 0 Å². The number of rotatable bonds is 6. The summed E-state index contributed by atoms with van der Waals surface area (Å²) in [7, 11) is 1.57. The largest absolute Gasteiger partial charge is 0.497 e. The molecule has 1 aromatic carbocycles. The molecule has 2 atom stereocenters. The van der Waals surface area contributed by atoms with E-state index in [0.29, 0.717) is 11.5 Å². The second kappa shape index (κ2) is 6.86. The highest BCUT2D eigenvalue weighted by atomic mass is 16.5. The molecule has 0 saturated heterocycles. The van der Waals surface area contributed by atoms with Crippen LogP contribution in [0, 0.1) is 0 Å². The molecule has 0 aliphatic rings. The molecule has 1 amide bonds. The zero-order valence-electron chi connectivity index (χ0n) is 10.8. The molecule has 5 heteroatoms. The summed E-state index contributed by atoms with van der Waals surface area (Å²) in [5.74, 6) is 0.969. The van der Waals surface area contributed by atoms with Crippen molar-refractivity contribution in [3.8, 4) is 11.5 Å². The Hall–Kier alpha value is -1.75. The first-order valence-corrected chi connectivity index (χ1v) is 5.79. The van der Waals surface area contributed by atoms with Crippen molar-refractivity contribution in [3.63, 3.8) is 0 Å². The molecule has 5 nitrogen and oxygen atoms in total. The van der Waals surface area contributed by atoms with Gasteiger partial charge >= 0.3 is 0 Å². The van der Waals surface area contributed by atoms with Crippen LogP contribution in [0.5, 0.6) is 11.5 Å². The number of carbonyl (C=O) groups excluding carboxylic acids is 1. The second-order valence-electron chi connectivity index (χ2n) is 4.03. The van der Waals surface area contributed by atoms with Crippen LogP contribution in [0.2, 0.25) is 0 Å². The van der Waals surface area contributed by atoms with Crippen molar-refractivity contribution in [1.82, 2.24) is 5.32 Å². The highest BCUT2D eigenvalue weighted by molar-refractivity contribution is 5.80. The van der Waals surface area contributed by atoms with E-state index in [1.807, 2.05) is 0 Å². The van der Waals surface area contributed by atoms with Crippen LogP contribution in [0.25, 0.3) is 0 Å². The van der Waals surface area contributed by atoms with Gasteiger partial charge in [-0.2, -0.15) is 0 Å². The Morgan fingerprint density at radius 3 is 2.67 bits per heavy atom. The first-order valence-electron chi connectivity index (χ1n) is 5.79. The van der Waals surface area contributed by atoms with Gasteiger partial charge in [0.25, 0.3) is 5.91 Å². The molecule has 0 saturated carbocycles. The van der Waals surface area contributed by atoms with Crippen LogP contribution >= 0.6 is 0 Å². The van der Waals surface area contributed by atoms with Gasteiger partial charge in [-0.15, -0.1) is 0 Å². The van der Waals surface area contributed by atoms with E-state index in [1.54, 1.807) is 45.2 Å². The molecule has 0 aromatic heterocycles. The summed E-state index contributed by atoms with van der Waals surface area (Å²) >= 11 is 0. The van der Waals surface area contributed by atoms with Gasteiger partial charge in [0, 0.05) is 12.6 Å². The molecule has 1 rings (SSSR count). The lowest BCUT2D eigenvalue weighted by atomic mass is 10.3. The molecular formula is C13H19NO4. The van der Waals surface area contributed by atoms with Gasteiger partial charge in [-0.25, -0.2) is 0 Å². The van der Waals surface area contributed by atoms with Crippen molar-refractivity contribution in [2.45, 2.75) is 26.1 Å². The lowest BCUT2D eigenvalue weighted by molar-refractivity contribution is -0.127. The van der Waals surface area contributed by atoms with E-state index in [-0.39, 0.29) is 12.5 Å². The summed E-state index contributed by atoms with van der Waals surface area (Å²) < 4.78 is 10.5. The van der Waals surface area contributed by atoms with Crippen molar-refractivity contribution in [2.24, 2.45) is 0 Å². The minimum absolute atomic E-state index is 0.213. The number of methoxy groups -OCH3 is 1. The predicted octanol–water partition coefficient (Wildman–Crippen LogP) is 0.959. The number of benzene rings is 1. The zero-order chi connectivity index (χ0) is 13.5. The molecule has 0 aliphatic heterocycles. The Kier molecular flexibility index (Phi) is 5.45. The average Bonchev–Trinajstić information content (AvgIpc) is 2.36. The Morgan fingerprint density at radius 2 is 2.06 bits per heavy atom. The van der Waals surface area contributed by atoms with Gasteiger partial charge in [-0.1, -0.05) is 6.07 Å². The van der Waals surface area contributed by atoms with Crippen molar-refractivity contribution < 1.29 is 19.4 Å². The summed E-state index contributed by atoms with van der Waals surface area (Å²) in [6, 6.07) is 7.04. The molecule has 0 heterocycles. The van der Waals surface area contributed by atoms with Gasteiger partial charge < -0.3 is 19.9 Å². The Balaban J connectivity index is 2.52. The Labute approximate surface area is 107 Å². The van der Waals surface area contributed by atoms with Crippen LogP contribution in [0.15, 0.2) is 24.3 Å². The number of aliphatic hydroxyl groups is 1. The van der Waals surface area contributed by atoms with E-state index in [4.69, 9.17) is 14.6 Å². The molecule has 2 N–H and O–H groups in total. The third kappa shape index (κ3) is 4.63. The van der Waals surface area contributed by atoms with Gasteiger partial charge in [0.15, 0.2) is 6.10 Å². The molecule has 1 aromatic rings. The Bertz CT molecular complexity index is 392. The fourth-order valence-corrected chi connectivity index (χ4v) is 1.32. The lowest BCUT2D eigenvalue weighted by Crippen LogP contribution is -2.39. The molecule has 0 fully saturated rings. The summed E-state index contributed by atoms with van der Waals surface area (Å²) in [5, 5.41) is 11.7. The quantitative estimate of drug-likeness (QED) is 0.792. The van der Waals surface area contributed by atoms with Crippen LogP contribution in [0.4, 0.5) is 0 Å². The number of hydrogen-bond donors (Lipinski definition) is 2. The molecule has 0 aliphatic carbocycles. The molecule has 0 spiro atoms. The van der Waals surface area contributed by atoms with E-state index >= 15 is 0 Å². The first-order chi connectivity index (χ1) is 8.52. The third-order valence-electron chi connectivity index (χ3n) is 2.29. The van der Waals surface area contributed by atoms with E-state index in [1.165, 1.54) is 0 Å². The zero-order valence-corrected chi connectivity index (χ0v) is 10.8. The fourth-order valence-electron chi connectivity index (χ4n) is 1.32. The van der Waals surface area contributed by atoms with Crippen molar-refractivity contribution >= 4 is 5.91 Å². The van der Waals surface area contributed by atoms with E-state index in [2.05, 4.69) is 5.32 Å². The van der Waals surface area contributed by atoms with Crippen LogP contribution in [0.1, 0.15) is 13.8 Å². The van der Waals surface area contributed by atoms with E-state index < -0.39 is 12.2 Å². The van der Waals surface area contributed by atoms with Crippen LogP contribution in [-0.2, 0) is 4.79 Å². The minimum atomic E-state index is -0.629. The normalized spacial score (nSPS) is 13.6. The molecular weight excluding hydrogens is 234 g/mol. The highest BCUT2D eigenvalue weighted by Crippen LogP contribution is 2.19. The maximum atomic E-state index is 11.6. The summed E-state index contributed by atoms with van der Waals surface area (Å²) in [4.78, 5) is 11.6. The molecule has 100 valence electrons. The summed E-state index contributed by atoms with van der Waals surface area (Å²) in [5.41, 5.74) is 0. The van der Waals surface area contributed by atoms with E-state index in [0.717, 1.165) is 0 Å². The van der Waals surface area contributed by atoms with Gasteiger partial charge in [0.1, 0.15) is 11.5 Å². The van der Waals surface area contributed by atoms with Crippen LogP contribution in [-0.4, -0.2) is 36.9 Å². The predicted molar refractivity (Wildman–Crippen MR) is 67.8 cm³/mol. The van der Waals surface area contributed by atoms with Crippen molar-refractivity contribution in [2.75, 3.05) is 13.7 Å².